The van der Waals surface area contributed by atoms with Gasteiger partial charge in [-0.2, -0.15) is 0 Å². The van der Waals surface area contributed by atoms with E-state index in [4.69, 9.17) is 5.11 Å². The molecule has 1 saturated carbocycles. The summed E-state index contributed by atoms with van der Waals surface area (Å²) in [4.78, 5) is 10.9. The molecule has 0 saturated heterocycles. The van der Waals surface area contributed by atoms with E-state index in [9.17, 15) is 4.79 Å². The highest BCUT2D eigenvalue weighted by molar-refractivity contribution is 5.85. The Morgan fingerprint density at radius 3 is 2.59 bits per heavy atom. The highest BCUT2D eigenvalue weighted by Crippen LogP contribution is 2.28. The van der Waals surface area contributed by atoms with Crippen molar-refractivity contribution in [3.8, 4) is 0 Å². The Balaban J connectivity index is 0.00000256. The molecular formula is C13H26ClNO2. The zero-order valence-corrected chi connectivity index (χ0v) is 11.6. The van der Waals surface area contributed by atoms with Crippen LogP contribution in [-0.4, -0.2) is 23.7 Å². The van der Waals surface area contributed by atoms with Crippen molar-refractivity contribution in [1.82, 2.24) is 5.32 Å². The fourth-order valence-corrected chi connectivity index (χ4v) is 2.57. The molecule has 0 radical (unpaired) electrons. The first-order chi connectivity index (χ1) is 7.74. The van der Waals surface area contributed by atoms with E-state index in [0.717, 1.165) is 31.7 Å². The molecule has 0 amide bonds. The van der Waals surface area contributed by atoms with Gasteiger partial charge < -0.3 is 10.4 Å². The predicted molar refractivity (Wildman–Crippen MR) is 72.8 cm³/mol. The molecule has 17 heavy (non-hydrogen) atoms. The van der Waals surface area contributed by atoms with E-state index in [1.807, 2.05) is 6.92 Å². The van der Waals surface area contributed by atoms with E-state index in [1.165, 1.54) is 32.1 Å². The molecule has 0 aliphatic heterocycles. The molecule has 1 rings (SSSR count). The summed E-state index contributed by atoms with van der Waals surface area (Å²) in [5.74, 6) is 0.207. The normalized spacial score (nSPS) is 17.7. The number of nitrogens with one attached hydrogen (secondary N) is 1. The third-order valence-electron chi connectivity index (χ3n) is 3.53. The highest BCUT2D eigenvalue weighted by atomic mass is 35.5. The number of aliphatic carboxylic acids is 1. The van der Waals surface area contributed by atoms with Gasteiger partial charge in [0.15, 0.2) is 0 Å². The van der Waals surface area contributed by atoms with E-state index >= 15 is 0 Å². The second-order valence-electron chi connectivity index (χ2n) is 4.93. The van der Waals surface area contributed by atoms with E-state index in [-0.39, 0.29) is 18.4 Å². The summed E-state index contributed by atoms with van der Waals surface area (Å²) in [6.45, 7) is 2.88. The fourth-order valence-electron chi connectivity index (χ4n) is 2.57. The molecule has 1 fully saturated rings. The number of hydrogen-bond donors (Lipinski definition) is 2. The van der Waals surface area contributed by atoms with Gasteiger partial charge in [-0.15, -0.1) is 12.4 Å². The smallest absolute Gasteiger partial charge is 0.320 e. The number of rotatable bonds is 8. The minimum Gasteiger partial charge on any atom is -0.480 e. The summed E-state index contributed by atoms with van der Waals surface area (Å²) >= 11 is 0. The van der Waals surface area contributed by atoms with Crippen molar-refractivity contribution < 1.29 is 9.90 Å². The van der Waals surface area contributed by atoms with Crippen LogP contribution in [-0.2, 0) is 4.79 Å². The van der Waals surface area contributed by atoms with Crippen LogP contribution in [0.25, 0.3) is 0 Å². The van der Waals surface area contributed by atoms with Crippen molar-refractivity contribution in [3.05, 3.63) is 0 Å². The van der Waals surface area contributed by atoms with Crippen LogP contribution < -0.4 is 5.32 Å². The molecule has 4 heteroatoms. The number of carboxylic acid groups (broad SMARTS) is 1. The summed E-state index contributed by atoms with van der Waals surface area (Å²) in [5, 5.41) is 12.1. The number of halogens is 1. The average molecular weight is 264 g/mol. The second-order valence-corrected chi connectivity index (χ2v) is 4.93. The monoisotopic (exact) mass is 263 g/mol. The van der Waals surface area contributed by atoms with Gasteiger partial charge in [-0.05, 0) is 31.7 Å². The molecule has 1 aliphatic carbocycles. The highest BCUT2D eigenvalue weighted by Gasteiger charge is 2.16. The Labute approximate surface area is 111 Å². The lowest BCUT2D eigenvalue weighted by Gasteiger charge is -2.14. The molecule has 1 unspecified atom stereocenters. The van der Waals surface area contributed by atoms with E-state index in [0.29, 0.717) is 0 Å². The van der Waals surface area contributed by atoms with Crippen LogP contribution in [0.3, 0.4) is 0 Å². The fraction of sp³-hybridized carbons (Fsp3) is 0.923. The van der Waals surface area contributed by atoms with Gasteiger partial charge in [0, 0.05) is 0 Å². The van der Waals surface area contributed by atoms with Gasteiger partial charge in [-0.1, -0.05) is 39.0 Å². The van der Waals surface area contributed by atoms with Crippen molar-refractivity contribution >= 4 is 18.4 Å². The summed E-state index contributed by atoms with van der Waals surface area (Å²) in [7, 11) is 0. The van der Waals surface area contributed by atoms with Crippen LogP contribution in [0.5, 0.6) is 0 Å². The molecule has 0 bridgehead atoms. The molecule has 0 aromatic carbocycles. The lowest BCUT2D eigenvalue weighted by molar-refractivity contribution is -0.139. The zero-order valence-electron chi connectivity index (χ0n) is 10.8. The largest absolute Gasteiger partial charge is 0.480 e. The van der Waals surface area contributed by atoms with E-state index in [2.05, 4.69) is 5.32 Å². The van der Waals surface area contributed by atoms with Crippen LogP contribution in [0, 0.1) is 5.92 Å². The van der Waals surface area contributed by atoms with Crippen molar-refractivity contribution in [2.75, 3.05) is 6.54 Å². The Bertz CT molecular complexity index is 206. The lowest BCUT2D eigenvalue weighted by Crippen LogP contribution is -2.37. The third-order valence-corrected chi connectivity index (χ3v) is 3.53. The Kier molecular flexibility index (Phi) is 9.56. The van der Waals surface area contributed by atoms with Crippen molar-refractivity contribution in [3.63, 3.8) is 0 Å². The SMILES string of the molecule is CCCC(NCCCC1CCCC1)C(=O)O.Cl. The van der Waals surface area contributed by atoms with Crippen LogP contribution in [0.15, 0.2) is 0 Å². The maximum atomic E-state index is 10.9. The maximum absolute atomic E-state index is 10.9. The van der Waals surface area contributed by atoms with Crippen molar-refractivity contribution in [2.45, 2.75) is 64.3 Å². The first kappa shape index (κ1) is 16.7. The first-order valence-electron chi connectivity index (χ1n) is 6.70. The molecule has 0 aromatic heterocycles. The summed E-state index contributed by atoms with van der Waals surface area (Å²) < 4.78 is 0. The molecule has 0 aromatic rings. The predicted octanol–water partition coefficient (Wildman–Crippen LogP) is 3.22. The summed E-state index contributed by atoms with van der Waals surface area (Å²) in [6.07, 6.45) is 9.61. The Hall–Kier alpha value is -0.280. The van der Waals surface area contributed by atoms with Crippen LogP contribution in [0.1, 0.15) is 58.3 Å². The summed E-state index contributed by atoms with van der Waals surface area (Å²) in [6, 6.07) is -0.339. The topological polar surface area (TPSA) is 49.3 Å². The zero-order chi connectivity index (χ0) is 11.8. The average Bonchev–Trinajstić information content (AvgIpc) is 2.75. The molecule has 0 spiro atoms. The first-order valence-corrected chi connectivity index (χ1v) is 6.70. The Morgan fingerprint density at radius 1 is 1.41 bits per heavy atom. The van der Waals surface area contributed by atoms with E-state index < -0.39 is 5.97 Å². The quantitative estimate of drug-likeness (QED) is 0.661. The number of carboxylic acids is 1. The van der Waals surface area contributed by atoms with Crippen molar-refractivity contribution in [1.29, 1.82) is 0 Å². The molecule has 102 valence electrons. The lowest BCUT2D eigenvalue weighted by atomic mass is 10.0. The molecule has 2 N–H and O–H groups in total. The molecule has 0 heterocycles. The minimum atomic E-state index is -0.706. The second kappa shape index (κ2) is 9.72. The Morgan fingerprint density at radius 2 is 2.06 bits per heavy atom. The molecular weight excluding hydrogens is 238 g/mol. The van der Waals surface area contributed by atoms with Gasteiger partial charge in [0.2, 0.25) is 0 Å². The third kappa shape index (κ3) is 6.89. The number of hydrogen-bond acceptors (Lipinski definition) is 2. The van der Waals surface area contributed by atoms with Gasteiger partial charge in [-0.25, -0.2) is 0 Å². The van der Waals surface area contributed by atoms with Crippen LogP contribution >= 0.6 is 12.4 Å². The molecule has 1 atom stereocenters. The van der Waals surface area contributed by atoms with Gasteiger partial charge in [0.1, 0.15) is 6.04 Å². The van der Waals surface area contributed by atoms with Gasteiger partial charge >= 0.3 is 5.97 Å². The van der Waals surface area contributed by atoms with Crippen molar-refractivity contribution in [2.24, 2.45) is 5.92 Å². The molecule has 1 aliphatic rings. The van der Waals surface area contributed by atoms with Gasteiger partial charge in [0.05, 0.1) is 0 Å². The van der Waals surface area contributed by atoms with Crippen LogP contribution in [0.2, 0.25) is 0 Å². The van der Waals surface area contributed by atoms with Gasteiger partial charge in [0.25, 0.3) is 0 Å². The number of carbonyl (C=O) groups is 1. The van der Waals surface area contributed by atoms with Gasteiger partial charge in [-0.3, -0.25) is 4.79 Å². The standard InChI is InChI=1S/C13H25NO2.ClH/c1-2-6-12(13(15)16)14-10-5-9-11-7-3-4-8-11;/h11-12,14H,2-10H2,1H3,(H,15,16);1H. The summed E-state index contributed by atoms with van der Waals surface area (Å²) in [5.41, 5.74) is 0. The maximum Gasteiger partial charge on any atom is 0.320 e. The minimum absolute atomic E-state index is 0. The van der Waals surface area contributed by atoms with Crippen LogP contribution in [0.4, 0.5) is 0 Å². The van der Waals surface area contributed by atoms with E-state index in [1.54, 1.807) is 0 Å². The molecule has 3 nitrogen and oxygen atoms in total.